The predicted octanol–water partition coefficient (Wildman–Crippen LogP) is 3.35. The van der Waals surface area contributed by atoms with Crippen molar-refractivity contribution in [2.24, 2.45) is 0 Å². The monoisotopic (exact) mass is 352 g/mol. The number of hydrogen-bond donors (Lipinski definition) is 0. The Hall–Kier alpha value is -2.17. The molecule has 0 aromatic heterocycles. The molecule has 3 rings (SSSR count). The lowest BCUT2D eigenvalue weighted by atomic mass is 9.96. The zero-order valence-corrected chi connectivity index (χ0v) is 15.5. The number of piperazine rings is 1. The van der Waals surface area contributed by atoms with Gasteiger partial charge in [0.2, 0.25) is 0 Å². The Kier molecular flexibility index (Phi) is 6.81. The minimum Gasteiger partial charge on any atom is -0.466 e. The Morgan fingerprint density at radius 2 is 1.46 bits per heavy atom. The van der Waals surface area contributed by atoms with Gasteiger partial charge in [-0.2, -0.15) is 0 Å². The number of ether oxygens (including phenoxy) is 1. The largest absolute Gasteiger partial charge is 0.466 e. The molecule has 0 bridgehead atoms. The van der Waals surface area contributed by atoms with Crippen LogP contribution in [0, 0.1) is 0 Å². The molecule has 4 heteroatoms. The zero-order chi connectivity index (χ0) is 18.2. The zero-order valence-electron chi connectivity index (χ0n) is 15.5. The van der Waals surface area contributed by atoms with Gasteiger partial charge in [-0.1, -0.05) is 60.7 Å². The van der Waals surface area contributed by atoms with Crippen molar-refractivity contribution in [1.82, 2.24) is 9.80 Å². The highest BCUT2D eigenvalue weighted by Gasteiger charge is 2.26. The summed E-state index contributed by atoms with van der Waals surface area (Å²) in [4.78, 5) is 16.5. The summed E-state index contributed by atoms with van der Waals surface area (Å²) in [5.74, 6) is -0.0959. The number of carbonyl (C=O) groups excluding carboxylic acids is 1. The highest BCUT2D eigenvalue weighted by atomic mass is 16.5. The molecule has 4 nitrogen and oxygen atoms in total. The van der Waals surface area contributed by atoms with Crippen molar-refractivity contribution < 1.29 is 9.53 Å². The van der Waals surface area contributed by atoms with Crippen LogP contribution in [-0.2, 0) is 9.53 Å². The van der Waals surface area contributed by atoms with Crippen LogP contribution in [0.25, 0.3) is 0 Å². The minimum absolute atomic E-state index is 0.0959. The maximum absolute atomic E-state index is 11.6. The first-order chi connectivity index (χ1) is 12.8. The van der Waals surface area contributed by atoms with Gasteiger partial charge in [-0.05, 0) is 18.1 Å². The van der Waals surface area contributed by atoms with Crippen LogP contribution in [0.3, 0.4) is 0 Å². The van der Waals surface area contributed by atoms with Crippen molar-refractivity contribution in [3.63, 3.8) is 0 Å². The summed E-state index contributed by atoms with van der Waals surface area (Å²) in [6, 6.07) is 21.7. The second-order valence-corrected chi connectivity index (χ2v) is 6.66. The Labute approximate surface area is 156 Å². The van der Waals surface area contributed by atoms with E-state index in [1.54, 1.807) is 0 Å². The Balaban J connectivity index is 1.64. The van der Waals surface area contributed by atoms with Crippen molar-refractivity contribution in [3.8, 4) is 0 Å². The van der Waals surface area contributed by atoms with Crippen molar-refractivity contribution in [1.29, 1.82) is 0 Å². The second kappa shape index (κ2) is 9.51. The smallest absolute Gasteiger partial charge is 0.307 e. The highest BCUT2D eigenvalue weighted by molar-refractivity contribution is 5.69. The first kappa shape index (κ1) is 18.6. The molecule has 0 unspecified atom stereocenters. The van der Waals surface area contributed by atoms with Crippen LogP contribution < -0.4 is 0 Å². The average molecular weight is 352 g/mol. The second-order valence-electron chi connectivity index (χ2n) is 6.66. The summed E-state index contributed by atoms with van der Waals surface area (Å²) in [6.45, 7) is 7.06. The topological polar surface area (TPSA) is 32.8 Å². The van der Waals surface area contributed by atoms with E-state index in [-0.39, 0.29) is 12.0 Å². The van der Waals surface area contributed by atoms with Gasteiger partial charge in [0.15, 0.2) is 0 Å². The van der Waals surface area contributed by atoms with E-state index in [1.807, 2.05) is 6.92 Å². The number of rotatable bonds is 7. The van der Waals surface area contributed by atoms with Gasteiger partial charge in [-0.3, -0.25) is 9.69 Å². The van der Waals surface area contributed by atoms with Crippen LogP contribution >= 0.6 is 0 Å². The molecule has 0 atom stereocenters. The minimum atomic E-state index is -0.0959. The van der Waals surface area contributed by atoms with Crippen molar-refractivity contribution in [3.05, 3.63) is 71.8 Å². The molecular formula is C22H28N2O2. The summed E-state index contributed by atoms with van der Waals surface area (Å²) in [5, 5.41) is 0. The number of carbonyl (C=O) groups is 1. The molecule has 26 heavy (non-hydrogen) atoms. The van der Waals surface area contributed by atoms with Gasteiger partial charge in [0.05, 0.1) is 19.1 Å². The van der Waals surface area contributed by atoms with Gasteiger partial charge in [-0.25, -0.2) is 0 Å². The van der Waals surface area contributed by atoms with Crippen LogP contribution in [0.2, 0.25) is 0 Å². The number of esters is 1. The predicted molar refractivity (Wildman–Crippen MR) is 104 cm³/mol. The molecule has 0 N–H and O–H groups in total. The average Bonchev–Trinajstić information content (AvgIpc) is 2.69. The fraction of sp³-hybridized carbons (Fsp3) is 0.409. The Bertz CT molecular complexity index is 628. The summed E-state index contributed by atoms with van der Waals surface area (Å²) in [7, 11) is 0. The molecule has 0 radical (unpaired) electrons. The normalized spacial score (nSPS) is 15.9. The van der Waals surface area contributed by atoms with Crippen molar-refractivity contribution >= 4 is 5.97 Å². The fourth-order valence-electron chi connectivity index (χ4n) is 3.61. The molecule has 1 saturated heterocycles. The summed E-state index contributed by atoms with van der Waals surface area (Å²) >= 11 is 0. The third-order valence-electron chi connectivity index (χ3n) is 4.94. The van der Waals surface area contributed by atoms with E-state index in [0.29, 0.717) is 13.0 Å². The lowest BCUT2D eigenvalue weighted by Gasteiger charge is -2.39. The van der Waals surface area contributed by atoms with Gasteiger partial charge in [-0.15, -0.1) is 0 Å². The number of nitrogens with zero attached hydrogens (tertiary/aromatic N) is 2. The van der Waals surface area contributed by atoms with E-state index in [1.165, 1.54) is 11.1 Å². The maximum atomic E-state index is 11.6. The summed E-state index contributed by atoms with van der Waals surface area (Å²) in [6.07, 6.45) is 0.481. The third kappa shape index (κ3) is 4.93. The summed E-state index contributed by atoms with van der Waals surface area (Å²) < 4.78 is 5.03. The molecule has 0 amide bonds. The van der Waals surface area contributed by atoms with Crippen LogP contribution in [0.5, 0.6) is 0 Å². The molecule has 0 saturated carbocycles. The molecule has 1 heterocycles. The van der Waals surface area contributed by atoms with Gasteiger partial charge >= 0.3 is 5.97 Å². The van der Waals surface area contributed by atoms with E-state index in [4.69, 9.17) is 4.74 Å². The molecule has 1 aliphatic rings. The van der Waals surface area contributed by atoms with Gasteiger partial charge in [0, 0.05) is 32.7 Å². The van der Waals surface area contributed by atoms with Crippen LogP contribution in [0.1, 0.15) is 30.5 Å². The van der Waals surface area contributed by atoms with Crippen molar-refractivity contribution in [2.45, 2.75) is 19.4 Å². The van der Waals surface area contributed by atoms with Crippen molar-refractivity contribution in [2.75, 3.05) is 39.3 Å². The van der Waals surface area contributed by atoms with Gasteiger partial charge < -0.3 is 9.64 Å². The van der Waals surface area contributed by atoms with E-state index < -0.39 is 0 Å². The molecule has 1 fully saturated rings. The molecule has 1 aliphatic heterocycles. The van der Waals surface area contributed by atoms with Crippen LogP contribution in [0.15, 0.2) is 60.7 Å². The van der Waals surface area contributed by atoms with Crippen LogP contribution in [0.4, 0.5) is 0 Å². The molecule has 0 spiro atoms. The summed E-state index contributed by atoms with van der Waals surface area (Å²) in [5.41, 5.74) is 2.66. The van der Waals surface area contributed by atoms with Crippen LogP contribution in [-0.4, -0.2) is 55.1 Å². The van der Waals surface area contributed by atoms with E-state index in [2.05, 4.69) is 70.5 Å². The lowest BCUT2D eigenvalue weighted by Crippen LogP contribution is -2.48. The Morgan fingerprint density at radius 3 is 1.96 bits per heavy atom. The highest BCUT2D eigenvalue weighted by Crippen LogP contribution is 2.29. The lowest BCUT2D eigenvalue weighted by molar-refractivity contribution is -0.143. The molecule has 2 aromatic rings. The van der Waals surface area contributed by atoms with Gasteiger partial charge in [0.25, 0.3) is 0 Å². The SMILES string of the molecule is CCOC(=O)CCN1CCN(C(c2ccccc2)c2ccccc2)CC1. The molecule has 138 valence electrons. The van der Waals surface area contributed by atoms with Gasteiger partial charge in [0.1, 0.15) is 0 Å². The third-order valence-corrected chi connectivity index (χ3v) is 4.94. The van der Waals surface area contributed by atoms with E-state index in [9.17, 15) is 4.79 Å². The number of benzene rings is 2. The quantitative estimate of drug-likeness (QED) is 0.716. The molecular weight excluding hydrogens is 324 g/mol. The molecule has 0 aliphatic carbocycles. The number of hydrogen-bond acceptors (Lipinski definition) is 4. The first-order valence-corrected chi connectivity index (χ1v) is 9.50. The fourth-order valence-corrected chi connectivity index (χ4v) is 3.61. The van der Waals surface area contributed by atoms with E-state index >= 15 is 0 Å². The first-order valence-electron chi connectivity index (χ1n) is 9.50. The maximum Gasteiger partial charge on any atom is 0.307 e. The molecule has 2 aromatic carbocycles. The standard InChI is InChI=1S/C22H28N2O2/c1-2-26-21(25)13-14-23-15-17-24(18-16-23)22(19-9-5-3-6-10-19)20-11-7-4-8-12-20/h3-12,22H,2,13-18H2,1H3. The Morgan fingerprint density at radius 1 is 0.923 bits per heavy atom. The van der Waals surface area contributed by atoms with E-state index in [0.717, 1.165) is 32.7 Å².